The summed E-state index contributed by atoms with van der Waals surface area (Å²) in [5.74, 6) is -0.233. The van der Waals surface area contributed by atoms with Gasteiger partial charge >= 0.3 is 12.0 Å². The number of hydrogen-bond donors (Lipinski definition) is 3. The number of carbonyl (C=O) groups is 2. The Balaban J connectivity index is 1.35. The summed E-state index contributed by atoms with van der Waals surface area (Å²) in [6.07, 6.45) is 2.65. The molecule has 2 aromatic carbocycles. The second kappa shape index (κ2) is 8.56. The third-order valence-electron chi connectivity index (χ3n) is 4.79. The maximum atomic E-state index is 11.9. The maximum Gasteiger partial charge on any atom is 0.315 e. The molecule has 0 heterocycles. The van der Waals surface area contributed by atoms with E-state index >= 15 is 0 Å². The van der Waals surface area contributed by atoms with Crippen LogP contribution in [0, 0.1) is 5.92 Å². The number of fused-ring (bicyclic) bond motifs is 1. The Morgan fingerprint density at radius 3 is 2.50 bits per heavy atom. The molecule has 1 aliphatic carbocycles. The van der Waals surface area contributed by atoms with Crippen LogP contribution < -0.4 is 15.4 Å². The average molecular weight is 356 g/mol. The molecule has 6 nitrogen and oxygen atoms in total. The lowest BCUT2D eigenvalue weighted by Crippen LogP contribution is -2.45. The molecule has 138 valence electrons. The van der Waals surface area contributed by atoms with Crippen LogP contribution in [0.25, 0.3) is 10.8 Å². The van der Waals surface area contributed by atoms with E-state index in [4.69, 9.17) is 9.84 Å². The zero-order valence-electron chi connectivity index (χ0n) is 14.6. The van der Waals surface area contributed by atoms with Crippen molar-refractivity contribution in [1.82, 2.24) is 10.6 Å². The molecule has 0 aromatic heterocycles. The highest BCUT2D eigenvalue weighted by Crippen LogP contribution is 2.24. The fourth-order valence-corrected chi connectivity index (χ4v) is 3.31. The Bertz CT molecular complexity index is 769. The molecule has 0 radical (unpaired) electrons. The first-order valence-electron chi connectivity index (χ1n) is 9.00. The number of hydrogen-bond acceptors (Lipinski definition) is 3. The third-order valence-corrected chi connectivity index (χ3v) is 4.79. The highest BCUT2D eigenvalue weighted by Gasteiger charge is 2.26. The molecular formula is C20H24N2O4. The van der Waals surface area contributed by atoms with Crippen molar-refractivity contribution in [3.8, 4) is 5.75 Å². The van der Waals surface area contributed by atoms with Crippen molar-refractivity contribution in [2.75, 3.05) is 13.2 Å². The smallest absolute Gasteiger partial charge is 0.315 e. The number of rotatable bonds is 6. The molecule has 26 heavy (non-hydrogen) atoms. The molecule has 3 rings (SSSR count). The molecule has 0 saturated heterocycles. The number of amides is 2. The minimum Gasteiger partial charge on any atom is -0.492 e. The summed E-state index contributed by atoms with van der Waals surface area (Å²) in [4.78, 5) is 22.9. The standard InChI is InChI=1S/C20H24N2O4/c23-19(24)15-5-8-17(9-6-15)22-20(25)21-11-12-26-18-10-7-14-3-1-2-4-16(14)13-18/h1-4,7,10,13,15,17H,5-6,8-9,11-12H2,(H,23,24)(H2,21,22,25). The van der Waals surface area contributed by atoms with Crippen molar-refractivity contribution in [1.29, 1.82) is 0 Å². The van der Waals surface area contributed by atoms with Gasteiger partial charge in [0.2, 0.25) is 0 Å². The van der Waals surface area contributed by atoms with Gasteiger partial charge in [0.25, 0.3) is 0 Å². The summed E-state index contributed by atoms with van der Waals surface area (Å²) in [5, 5.41) is 17.0. The van der Waals surface area contributed by atoms with Crippen LogP contribution in [0.3, 0.4) is 0 Å². The van der Waals surface area contributed by atoms with Gasteiger partial charge in [0.05, 0.1) is 12.5 Å². The van der Waals surface area contributed by atoms with E-state index in [2.05, 4.69) is 16.7 Å². The van der Waals surface area contributed by atoms with Crippen LogP contribution in [0.15, 0.2) is 42.5 Å². The van der Waals surface area contributed by atoms with Crippen LogP contribution in [0.4, 0.5) is 4.79 Å². The molecule has 0 unspecified atom stereocenters. The van der Waals surface area contributed by atoms with Crippen LogP contribution in [0.2, 0.25) is 0 Å². The molecule has 0 bridgehead atoms. The second-order valence-corrected chi connectivity index (χ2v) is 6.64. The first-order chi connectivity index (χ1) is 12.6. The van der Waals surface area contributed by atoms with Crippen LogP contribution in [-0.2, 0) is 4.79 Å². The predicted octanol–water partition coefficient (Wildman–Crippen LogP) is 3.16. The van der Waals surface area contributed by atoms with Gasteiger partial charge < -0.3 is 20.5 Å². The lowest BCUT2D eigenvalue weighted by atomic mass is 9.86. The number of carboxylic acids is 1. The number of urea groups is 1. The number of aliphatic carboxylic acids is 1. The SMILES string of the molecule is O=C(NCCOc1ccc2ccccc2c1)NC1CCC(C(=O)O)CC1. The molecule has 2 amide bonds. The minimum absolute atomic E-state index is 0.0482. The lowest BCUT2D eigenvalue weighted by Gasteiger charge is -2.26. The highest BCUT2D eigenvalue weighted by atomic mass is 16.5. The van der Waals surface area contributed by atoms with Crippen LogP contribution >= 0.6 is 0 Å². The van der Waals surface area contributed by atoms with Crippen molar-refractivity contribution in [3.63, 3.8) is 0 Å². The maximum absolute atomic E-state index is 11.9. The first-order valence-corrected chi connectivity index (χ1v) is 9.00. The van der Waals surface area contributed by atoms with Gasteiger partial charge in [0.15, 0.2) is 0 Å². The van der Waals surface area contributed by atoms with E-state index in [-0.39, 0.29) is 18.0 Å². The van der Waals surface area contributed by atoms with E-state index in [1.165, 1.54) is 0 Å². The van der Waals surface area contributed by atoms with E-state index in [1.807, 2.05) is 36.4 Å². The summed E-state index contributed by atoms with van der Waals surface area (Å²) in [5.41, 5.74) is 0. The van der Waals surface area contributed by atoms with Gasteiger partial charge in [-0.15, -0.1) is 0 Å². The fraction of sp³-hybridized carbons (Fsp3) is 0.400. The van der Waals surface area contributed by atoms with E-state index in [9.17, 15) is 9.59 Å². The van der Waals surface area contributed by atoms with Gasteiger partial charge in [-0.2, -0.15) is 0 Å². The first kappa shape index (κ1) is 18.0. The molecule has 2 aromatic rings. The van der Waals surface area contributed by atoms with Crippen molar-refractivity contribution in [2.45, 2.75) is 31.7 Å². The largest absolute Gasteiger partial charge is 0.492 e. The predicted molar refractivity (Wildman–Crippen MR) is 99.4 cm³/mol. The number of benzene rings is 2. The van der Waals surface area contributed by atoms with E-state index in [1.54, 1.807) is 0 Å². The zero-order chi connectivity index (χ0) is 18.4. The second-order valence-electron chi connectivity index (χ2n) is 6.64. The number of carboxylic acid groups (broad SMARTS) is 1. The van der Waals surface area contributed by atoms with Crippen molar-refractivity contribution >= 4 is 22.8 Å². The monoisotopic (exact) mass is 356 g/mol. The molecule has 0 atom stereocenters. The summed E-state index contributed by atoms with van der Waals surface area (Å²) in [7, 11) is 0. The number of carbonyl (C=O) groups excluding carboxylic acids is 1. The normalized spacial score (nSPS) is 19.7. The summed E-state index contributed by atoms with van der Waals surface area (Å²) in [6.45, 7) is 0.792. The van der Waals surface area contributed by atoms with Crippen molar-refractivity contribution < 1.29 is 19.4 Å². The molecule has 0 spiro atoms. The van der Waals surface area contributed by atoms with Crippen LogP contribution in [-0.4, -0.2) is 36.3 Å². The van der Waals surface area contributed by atoms with Crippen molar-refractivity contribution in [3.05, 3.63) is 42.5 Å². The number of nitrogens with one attached hydrogen (secondary N) is 2. The summed E-state index contributed by atoms with van der Waals surface area (Å²) < 4.78 is 5.69. The fourth-order valence-electron chi connectivity index (χ4n) is 3.31. The quantitative estimate of drug-likeness (QED) is 0.694. The van der Waals surface area contributed by atoms with Crippen molar-refractivity contribution in [2.24, 2.45) is 5.92 Å². The Hall–Kier alpha value is -2.76. The van der Waals surface area contributed by atoms with Gasteiger partial charge in [0.1, 0.15) is 12.4 Å². The van der Waals surface area contributed by atoms with Gasteiger partial charge in [0, 0.05) is 6.04 Å². The molecule has 1 aliphatic rings. The molecule has 1 saturated carbocycles. The van der Waals surface area contributed by atoms with Gasteiger partial charge in [-0.05, 0) is 48.6 Å². The van der Waals surface area contributed by atoms with E-state index in [0.29, 0.717) is 38.8 Å². The lowest BCUT2D eigenvalue weighted by molar-refractivity contribution is -0.142. The topological polar surface area (TPSA) is 87.7 Å². The Kier molecular flexibility index (Phi) is 5.94. The molecular weight excluding hydrogens is 332 g/mol. The van der Waals surface area contributed by atoms with Gasteiger partial charge in [-0.1, -0.05) is 30.3 Å². The Morgan fingerprint density at radius 2 is 1.77 bits per heavy atom. The molecule has 0 aliphatic heterocycles. The summed E-state index contributed by atoms with van der Waals surface area (Å²) in [6, 6.07) is 13.8. The molecule has 6 heteroatoms. The molecule has 1 fully saturated rings. The molecule has 3 N–H and O–H groups in total. The number of ether oxygens (including phenoxy) is 1. The average Bonchev–Trinajstić information content (AvgIpc) is 2.65. The van der Waals surface area contributed by atoms with Gasteiger partial charge in [-0.25, -0.2) is 4.79 Å². The third kappa shape index (κ3) is 4.88. The van der Waals surface area contributed by atoms with E-state index < -0.39 is 5.97 Å². The van der Waals surface area contributed by atoms with Crippen LogP contribution in [0.1, 0.15) is 25.7 Å². The summed E-state index contributed by atoms with van der Waals surface area (Å²) >= 11 is 0. The van der Waals surface area contributed by atoms with E-state index in [0.717, 1.165) is 16.5 Å². The Morgan fingerprint density at radius 1 is 1.04 bits per heavy atom. The Labute approximate surface area is 152 Å². The van der Waals surface area contributed by atoms with Gasteiger partial charge in [-0.3, -0.25) is 4.79 Å². The zero-order valence-corrected chi connectivity index (χ0v) is 14.6. The highest BCUT2D eigenvalue weighted by molar-refractivity contribution is 5.83. The minimum atomic E-state index is -0.737. The van der Waals surface area contributed by atoms with Crippen LogP contribution in [0.5, 0.6) is 5.75 Å².